The number of carbonyl (C=O) groups is 1. The Labute approximate surface area is 122 Å². The van der Waals surface area contributed by atoms with Crippen molar-refractivity contribution >= 4 is 6.03 Å². The molecule has 0 aromatic heterocycles. The normalized spacial score (nSPS) is 10.2. The largest absolute Gasteiger partial charge is 0.334 e. The van der Waals surface area contributed by atoms with Crippen LogP contribution in [0, 0.1) is 11.6 Å². The molecule has 0 saturated carbocycles. The van der Waals surface area contributed by atoms with E-state index in [-0.39, 0.29) is 17.7 Å². The SMILES string of the molecule is CN(Cc1cccc(F)c1)C(=O)NCc1ccc(F)cc1. The summed E-state index contributed by atoms with van der Waals surface area (Å²) in [6.07, 6.45) is 0. The fourth-order valence-electron chi connectivity index (χ4n) is 1.90. The Morgan fingerprint density at radius 2 is 1.76 bits per heavy atom. The molecule has 2 aromatic rings. The van der Waals surface area contributed by atoms with Crippen molar-refractivity contribution in [1.29, 1.82) is 0 Å². The highest BCUT2D eigenvalue weighted by Gasteiger charge is 2.09. The van der Waals surface area contributed by atoms with Gasteiger partial charge in [-0.3, -0.25) is 0 Å². The number of hydrogen-bond donors (Lipinski definition) is 1. The van der Waals surface area contributed by atoms with Gasteiger partial charge in [0.25, 0.3) is 0 Å². The van der Waals surface area contributed by atoms with Crippen LogP contribution in [0.1, 0.15) is 11.1 Å². The number of carbonyl (C=O) groups excluding carboxylic acids is 1. The number of benzene rings is 2. The van der Waals surface area contributed by atoms with Crippen LogP contribution in [0.25, 0.3) is 0 Å². The van der Waals surface area contributed by atoms with Gasteiger partial charge in [-0.25, -0.2) is 13.6 Å². The summed E-state index contributed by atoms with van der Waals surface area (Å²) in [6.45, 7) is 0.625. The number of halogens is 2. The van der Waals surface area contributed by atoms with Gasteiger partial charge in [0, 0.05) is 20.1 Å². The van der Waals surface area contributed by atoms with Gasteiger partial charge in [-0.05, 0) is 35.4 Å². The third kappa shape index (κ3) is 4.56. The third-order valence-electron chi connectivity index (χ3n) is 3.01. The molecule has 0 bridgehead atoms. The van der Waals surface area contributed by atoms with Gasteiger partial charge < -0.3 is 10.2 Å². The van der Waals surface area contributed by atoms with Crippen molar-refractivity contribution < 1.29 is 13.6 Å². The van der Waals surface area contributed by atoms with Crippen molar-refractivity contribution in [2.24, 2.45) is 0 Å². The molecule has 2 amide bonds. The predicted molar refractivity (Wildman–Crippen MR) is 76.5 cm³/mol. The van der Waals surface area contributed by atoms with Crippen molar-refractivity contribution in [3.8, 4) is 0 Å². The molecule has 21 heavy (non-hydrogen) atoms. The van der Waals surface area contributed by atoms with Crippen LogP contribution < -0.4 is 5.32 Å². The number of rotatable bonds is 4. The summed E-state index contributed by atoms with van der Waals surface area (Å²) in [5, 5.41) is 2.72. The van der Waals surface area contributed by atoms with Gasteiger partial charge in [0.1, 0.15) is 11.6 Å². The Kier molecular flexibility index (Phi) is 4.87. The summed E-state index contributed by atoms with van der Waals surface area (Å²) < 4.78 is 25.8. The number of nitrogens with zero attached hydrogens (tertiary/aromatic N) is 1. The molecule has 5 heteroatoms. The van der Waals surface area contributed by atoms with Gasteiger partial charge in [0.15, 0.2) is 0 Å². The van der Waals surface area contributed by atoms with Crippen LogP contribution >= 0.6 is 0 Å². The lowest BCUT2D eigenvalue weighted by Crippen LogP contribution is -2.36. The average molecular weight is 290 g/mol. The summed E-state index contributed by atoms with van der Waals surface area (Å²) in [4.78, 5) is 13.4. The van der Waals surface area contributed by atoms with Gasteiger partial charge in [0.05, 0.1) is 0 Å². The van der Waals surface area contributed by atoms with E-state index in [0.717, 1.165) is 11.1 Å². The molecular weight excluding hydrogens is 274 g/mol. The van der Waals surface area contributed by atoms with Crippen molar-refractivity contribution in [3.05, 3.63) is 71.3 Å². The Balaban J connectivity index is 1.86. The van der Waals surface area contributed by atoms with Crippen LogP contribution in [0.5, 0.6) is 0 Å². The first kappa shape index (κ1) is 15.0. The summed E-state index contributed by atoms with van der Waals surface area (Å²) >= 11 is 0. The number of urea groups is 1. The van der Waals surface area contributed by atoms with E-state index in [1.165, 1.54) is 29.2 Å². The lowest BCUT2D eigenvalue weighted by molar-refractivity contribution is 0.206. The lowest BCUT2D eigenvalue weighted by Gasteiger charge is -2.18. The van der Waals surface area contributed by atoms with Gasteiger partial charge >= 0.3 is 6.03 Å². The second-order valence-corrected chi connectivity index (χ2v) is 4.77. The minimum atomic E-state index is -0.326. The van der Waals surface area contributed by atoms with E-state index in [4.69, 9.17) is 0 Å². The zero-order valence-electron chi connectivity index (χ0n) is 11.6. The Morgan fingerprint density at radius 1 is 1.05 bits per heavy atom. The summed E-state index contributed by atoms with van der Waals surface area (Å²) in [7, 11) is 1.63. The molecule has 0 aliphatic rings. The zero-order valence-corrected chi connectivity index (χ0v) is 11.6. The molecule has 3 nitrogen and oxygen atoms in total. The Morgan fingerprint density at radius 3 is 2.43 bits per heavy atom. The molecule has 0 spiro atoms. The van der Waals surface area contributed by atoms with E-state index in [9.17, 15) is 13.6 Å². The van der Waals surface area contributed by atoms with Crippen LogP contribution in [0.15, 0.2) is 48.5 Å². The molecule has 0 aliphatic heterocycles. The van der Waals surface area contributed by atoms with Crippen molar-refractivity contribution in [2.45, 2.75) is 13.1 Å². The molecule has 1 N–H and O–H groups in total. The summed E-state index contributed by atoms with van der Waals surface area (Å²) in [6, 6.07) is 11.8. The van der Waals surface area contributed by atoms with Crippen LogP contribution in [-0.4, -0.2) is 18.0 Å². The molecule has 0 fully saturated rings. The number of nitrogens with one attached hydrogen (secondary N) is 1. The quantitative estimate of drug-likeness (QED) is 0.920. The van der Waals surface area contributed by atoms with E-state index < -0.39 is 0 Å². The topological polar surface area (TPSA) is 32.3 Å². The van der Waals surface area contributed by atoms with E-state index in [2.05, 4.69) is 5.32 Å². The second-order valence-electron chi connectivity index (χ2n) is 4.77. The van der Waals surface area contributed by atoms with E-state index in [1.807, 2.05) is 0 Å². The average Bonchev–Trinajstić information content (AvgIpc) is 2.46. The molecule has 0 heterocycles. The number of hydrogen-bond acceptors (Lipinski definition) is 1. The summed E-state index contributed by atoms with van der Waals surface area (Å²) in [5.41, 5.74) is 1.53. The van der Waals surface area contributed by atoms with Crippen LogP contribution in [0.3, 0.4) is 0 Å². The predicted octanol–water partition coefficient (Wildman–Crippen LogP) is 3.31. The standard InChI is InChI=1S/C16H16F2N2O/c1-20(11-13-3-2-4-15(18)9-13)16(21)19-10-12-5-7-14(17)8-6-12/h2-9H,10-11H2,1H3,(H,19,21). The monoisotopic (exact) mass is 290 g/mol. The van der Waals surface area contributed by atoms with E-state index in [0.29, 0.717) is 13.1 Å². The Hall–Kier alpha value is -2.43. The first-order chi connectivity index (χ1) is 10.0. The third-order valence-corrected chi connectivity index (χ3v) is 3.01. The van der Waals surface area contributed by atoms with Gasteiger partial charge in [-0.15, -0.1) is 0 Å². The molecule has 2 aromatic carbocycles. The molecule has 0 aliphatic carbocycles. The summed E-state index contributed by atoms with van der Waals surface area (Å²) in [5.74, 6) is -0.638. The minimum Gasteiger partial charge on any atom is -0.334 e. The highest BCUT2D eigenvalue weighted by molar-refractivity contribution is 5.73. The molecule has 0 saturated heterocycles. The van der Waals surface area contributed by atoms with Crippen LogP contribution in [0.2, 0.25) is 0 Å². The highest BCUT2D eigenvalue weighted by Crippen LogP contribution is 2.07. The van der Waals surface area contributed by atoms with Gasteiger partial charge in [0.2, 0.25) is 0 Å². The van der Waals surface area contributed by atoms with Gasteiger partial charge in [-0.1, -0.05) is 24.3 Å². The first-order valence-electron chi connectivity index (χ1n) is 6.52. The van der Waals surface area contributed by atoms with E-state index >= 15 is 0 Å². The zero-order chi connectivity index (χ0) is 15.2. The van der Waals surface area contributed by atoms with Crippen molar-refractivity contribution in [2.75, 3.05) is 7.05 Å². The molecular formula is C16H16F2N2O. The maximum atomic E-state index is 13.1. The fourth-order valence-corrected chi connectivity index (χ4v) is 1.90. The molecule has 110 valence electrons. The van der Waals surface area contributed by atoms with Crippen LogP contribution in [-0.2, 0) is 13.1 Å². The molecule has 2 rings (SSSR count). The van der Waals surface area contributed by atoms with Gasteiger partial charge in [-0.2, -0.15) is 0 Å². The molecule has 0 radical (unpaired) electrons. The van der Waals surface area contributed by atoms with E-state index in [1.54, 1.807) is 31.3 Å². The molecule has 0 unspecified atom stereocenters. The lowest BCUT2D eigenvalue weighted by atomic mass is 10.2. The smallest absolute Gasteiger partial charge is 0.317 e. The maximum absolute atomic E-state index is 13.1. The van der Waals surface area contributed by atoms with Crippen LogP contribution in [0.4, 0.5) is 13.6 Å². The highest BCUT2D eigenvalue weighted by atomic mass is 19.1. The minimum absolute atomic E-state index is 0.274. The molecule has 0 atom stereocenters. The van der Waals surface area contributed by atoms with Crippen molar-refractivity contribution in [3.63, 3.8) is 0 Å². The maximum Gasteiger partial charge on any atom is 0.317 e. The Bertz CT molecular complexity index is 614. The fraction of sp³-hybridized carbons (Fsp3) is 0.188. The first-order valence-corrected chi connectivity index (χ1v) is 6.52. The second kappa shape index (κ2) is 6.83. The number of amides is 2. The van der Waals surface area contributed by atoms with Crippen molar-refractivity contribution in [1.82, 2.24) is 10.2 Å².